The normalized spacial score (nSPS) is 22.7. The van der Waals surface area contributed by atoms with Gasteiger partial charge in [-0.3, -0.25) is 0 Å². The summed E-state index contributed by atoms with van der Waals surface area (Å²) in [6.45, 7) is 0.433. The highest BCUT2D eigenvalue weighted by atomic mass is 35.5. The van der Waals surface area contributed by atoms with Gasteiger partial charge in [-0.05, 0) is 43.4 Å². The molecule has 1 saturated heterocycles. The Kier molecular flexibility index (Phi) is 5.96. The number of allylic oxidation sites excluding steroid dienone is 4. The molecule has 0 N–H and O–H groups in total. The topological polar surface area (TPSA) is 37.4 Å². The molecule has 148 valence electrons. The molecule has 0 amide bonds. The summed E-state index contributed by atoms with van der Waals surface area (Å²) in [6.07, 6.45) is 3.32. The minimum Gasteiger partial charge on any atom is -0.207 e. The zero-order valence-electron chi connectivity index (χ0n) is 14.2. The Labute approximate surface area is 166 Å². The van der Waals surface area contributed by atoms with Crippen molar-refractivity contribution >= 4 is 33.2 Å². The molecule has 27 heavy (non-hydrogen) atoms. The molecular weight excluding hydrogens is 422 g/mol. The Bertz CT molecular complexity index is 873. The number of halogens is 5. The number of piperidine rings is 1. The zero-order valence-corrected chi connectivity index (χ0v) is 16.5. The van der Waals surface area contributed by atoms with E-state index in [9.17, 15) is 21.6 Å². The molecule has 1 aliphatic carbocycles. The summed E-state index contributed by atoms with van der Waals surface area (Å²) in [5.74, 6) is 0.274. The van der Waals surface area contributed by atoms with Crippen LogP contribution in [0.2, 0.25) is 5.02 Å². The quantitative estimate of drug-likeness (QED) is 0.586. The molecule has 3 rings (SSSR count). The lowest BCUT2D eigenvalue weighted by Crippen LogP contribution is -2.40. The van der Waals surface area contributed by atoms with Gasteiger partial charge in [-0.1, -0.05) is 41.4 Å². The highest BCUT2D eigenvalue weighted by Gasteiger charge is 2.36. The predicted octanol–water partition coefficient (Wildman–Crippen LogP) is 5.46. The smallest absolute Gasteiger partial charge is 0.207 e. The van der Waals surface area contributed by atoms with Crippen molar-refractivity contribution in [1.29, 1.82) is 0 Å². The first-order valence-corrected chi connectivity index (χ1v) is 10.7. The fourth-order valence-electron chi connectivity index (χ4n) is 3.51. The molecule has 0 aromatic heterocycles. The van der Waals surface area contributed by atoms with Crippen LogP contribution in [0.4, 0.5) is 13.2 Å². The molecular formula is C18H18Cl2F3NO2S. The third-order valence-electron chi connectivity index (χ3n) is 4.99. The molecule has 0 bridgehead atoms. The lowest BCUT2D eigenvalue weighted by atomic mass is 9.82. The molecule has 1 heterocycles. The van der Waals surface area contributed by atoms with Crippen LogP contribution < -0.4 is 0 Å². The minimum absolute atomic E-state index is 0.0717. The number of nitrogens with zero attached hydrogens (tertiary/aromatic N) is 1. The molecule has 0 saturated carbocycles. The van der Waals surface area contributed by atoms with Crippen LogP contribution >= 0.6 is 23.2 Å². The first-order chi connectivity index (χ1) is 12.6. The van der Waals surface area contributed by atoms with Gasteiger partial charge < -0.3 is 0 Å². The van der Waals surface area contributed by atoms with Gasteiger partial charge in [-0.15, -0.1) is 0 Å². The largest absolute Gasteiger partial charge is 0.416 e. The number of benzene rings is 1. The molecule has 1 aromatic rings. The Morgan fingerprint density at radius 2 is 1.78 bits per heavy atom. The van der Waals surface area contributed by atoms with Crippen molar-refractivity contribution in [3.05, 3.63) is 52.0 Å². The van der Waals surface area contributed by atoms with Gasteiger partial charge in [-0.2, -0.15) is 17.5 Å². The van der Waals surface area contributed by atoms with Crippen molar-refractivity contribution < 1.29 is 21.6 Å². The van der Waals surface area contributed by atoms with Crippen LogP contribution in [-0.4, -0.2) is 25.8 Å². The lowest BCUT2D eigenvalue weighted by Gasteiger charge is -2.35. The summed E-state index contributed by atoms with van der Waals surface area (Å²) in [4.78, 5) is -0.507. The zero-order chi connectivity index (χ0) is 19.8. The van der Waals surface area contributed by atoms with Gasteiger partial charge in [0, 0.05) is 24.0 Å². The maximum Gasteiger partial charge on any atom is 0.416 e. The van der Waals surface area contributed by atoms with Crippen LogP contribution in [0.25, 0.3) is 0 Å². The minimum atomic E-state index is -4.64. The first-order valence-electron chi connectivity index (χ1n) is 8.50. The van der Waals surface area contributed by atoms with Gasteiger partial charge in [-0.25, -0.2) is 8.42 Å². The van der Waals surface area contributed by atoms with Crippen LogP contribution in [0, 0.1) is 11.8 Å². The molecule has 1 atom stereocenters. The third kappa shape index (κ3) is 4.36. The summed E-state index contributed by atoms with van der Waals surface area (Å²) in [6, 6.07) is 2.35. The Morgan fingerprint density at radius 3 is 2.37 bits per heavy atom. The lowest BCUT2D eigenvalue weighted by molar-refractivity contribution is -0.137. The van der Waals surface area contributed by atoms with E-state index in [-0.39, 0.29) is 29.9 Å². The second-order valence-electron chi connectivity index (χ2n) is 6.66. The van der Waals surface area contributed by atoms with E-state index in [1.165, 1.54) is 4.31 Å². The molecule has 9 heteroatoms. The maximum absolute atomic E-state index is 12.9. The standard InChI is InChI=1S/C18H18Cl2F3NO2S/c19-15-4-2-1-3-14(15)12-7-9-24(10-8-12)27(25,26)17-11-13(18(21,22)23)5-6-16(17)20/h1,3-6,11-12,14H,2,7-10H2. The average molecular weight is 440 g/mol. The molecule has 1 unspecified atom stereocenters. The summed E-state index contributed by atoms with van der Waals surface area (Å²) >= 11 is 12.2. The second-order valence-corrected chi connectivity index (χ2v) is 9.41. The van der Waals surface area contributed by atoms with Crippen molar-refractivity contribution in [3.63, 3.8) is 0 Å². The van der Waals surface area contributed by atoms with Gasteiger partial charge in [0.1, 0.15) is 4.90 Å². The number of sulfonamides is 1. The summed E-state index contributed by atoms with van der Waals surface area (Å²) in [7, 11) is -4.11. The van der Waals surface area contributed by atoms with Crippen LogP contribution in [0.1, 0.15) is 24.8 Å². The predicted molar refractivity (Wildman–Crippen MR) is 99.1 cm³/mol. The monoisotopic (exact) mass is 439 g/mol. The van der Waals surface area contributed by atoms with Gasteiger partial charge in [0.15, 0.2) is 0 Å². The van der Waals surface area contributed by atoms with Crippen LogP contribution in [-0.2, 0) is 16.2 Å². The molecule has 0 spiro atoms. The molecule has 1 aliphatic heterocycles. The van der Waals surface area contributed by atoms with Crippen molar-refractivity contribution in [1.82, 2.24) is 4.31 Å². The Hall–Kier alpha value is -1.02. The molecule has 2 aliphatic rings. The SMILES string of the molecule is O=S(=O)(c1cc(C(F)(F)F)ccc1Cl)N1CCC(C2C=CCC=C2Cl)CC1. The number of hydrogen-bond donors (Lipinski definition) is 0. The van der Waals surface area contributed by atoms with E-state index in [4.69, 9.17) is 23.2 Å². The number of rotatable bonds is 3. The first kappa shape index (κ1) is 20.7. The van der Waals surface area contributed by atoms with Crippen molar-refractivity contribution in [2.45, 2.75) is 30.3 Å². The van der Waals surface area contributed by atoms with Gasteiger partial charge in [0.2, 0.25) is 10.0 Å². The van der Waals surface area contributed by atoms with E-state index < -0.39 is 26.7 Å². The number of hydrogen-bond acceptors (Lipinski definition) is 2. The van der Waals surface area contributed by atoms with E-state index in [0.29, 0.717) is 18.9 Å². The fraction of sp³-hybridized carbons (Fsp3) is 0.444. The molecule has 0 radical (unpaired) electrons. The summed E-state index contributed by atoms with van der Waals surface area (Å²) in [5.41, 5.74) is -1.04. The van der Waals surface area contributed by atoms with E-state index in [0.717, 1.165) is 23.6 Å². The Morgan fingerprint density at radius 1 is 1.11 bits per heavy atom. The van der Waals surface area contributed by atoms with E-state index in [1.54, 1.807) is 0 Å². The van der Waals surface area contributed by atoms with Crippen LogP contribution in [0.5, 0.6) is 0 Å². The fourth-order valence-corrected chi connectivity index (χ4v) is 5.82. The summed E-state index contributed by atoms with van der Waals surface area (Å²) in [5, 5.41) is 0.547. The average Bonchev–Trinajstić information content (AvgIpc) is 2.61. The van der Waals surface area contributed by atoms with E-state index in [2.05, 4.69) is 0 Å². The third-order valence-corrected chi connectivity index (χ3v) is 7.78. The van der Waals surface area contributed by atoms with E-state index in [1.807, 2.05) is 18.2 Å². The second kappa shape index (κ2) is 7.78. The molecule has 1 fully saturated rings. The molecule has 1 aromatic carbocycles. The maximum atomic E-state index is 12.9. The van der Waals surface area contributed by atoms with Gasteiger partial charge >= 0.3 is 6.18 Å². The van der Waals surface area contributed by atoms with Gasteiger partial charge in [0.25, 0.3) is 0 Å². The highest BCUT2D eigenvalue weighted by Crippen LogP contribution is 2.38. The van der Waals surface area contributed by atoms with Crippen molar-refractivity contribution in [2.75, 3.05) is 13.1 Å². The van der Waals surface area contributed by atoms with Crippen LogP contribution in [0.15, 0.2) is 46.4 Å². The van der Waals surface area contributed by atoms with Crippen LogP contribution in [0.3, 0.4) is 0 Å². The van der Waals surface area contributed by atoms with Crippen molar-refractivity contribution in [2.24, 2.45) is 11.8 Å². The van der Waals surface area contributed by atoms with E-state index >= 15 is 0 Å². The molecule has 3 nitrogen and oxygen atoms in total. The highest BCUT2D eigenvalue weighted by molar-refractivity contribution is 7.89. The summed E-state index contributed by atoms with van der Waals surface area (Å²) < 4.78 is 65.8. The van der Waals surface area contributed by atoms with Gasteiger partial charge in [0.05, 0.1) is 10.6 Å². The number of alkyl halides is 3. The Balaban J connectivity index is 1.79. The van der Waals surface area contributed by atoms with Crippen molar-refractivity contribution in [3.8, 4) is 0 Å².